The van der Waals surface area contributed by atoms with Crippen LogP contribution in [0.4, 0.5) is 5.82 Å². The molecule has 2 N–H and O–H groups in total. The number of hydrogen-bond acceptors (Lipinski definition) is 5. The average Bonchev–Trinajstić information content (AvgIpc) is 2.98. The van der Waals surface area contributed by atoms with Crippen LogP contribution in [0.2, 0.25) is 5.28 Å². The molecule has 3 aromatic heterocycles. The van der Waals surface area contributed by atoms with Crippen molar-refractivity contribution in [3.63, 3.8) is 0 Å². The topological polar surface area (TPSA) is 84.3 Å². The second kappa shape index (κ2) is 4.85. The molecule has 8 heteroatoms. The highest BCUT2D eigenvalue weighted by Crippen LogP contribution is 2.18. The maximum absolute atomic E-state index is 5.85. The number of fused-ring (bicyclic) bond motifs is 1. The zero-order valence-corrected chi connectivity index (χ0v) is 11.0. The summed E-state index contributed by atoms with van der Waals surface area (Å²) in [7, 11) is 0. The summed E-state index contributed by atoms with van der Waals surface area (Å²) in [4.78, 5) is 15.2. The molecule has 7 nitrogen and oxygen atoms in total. The van der Waals surface area contributed by atoms with E-state index >= 15 is 0 Å². The van der Waals surface area contributed by atoms with Crippen LogP contribution in [0.5, 0.6) is 0 Å². The number of imidazole rings is 1. The Morgan fingerprint density at radius 1 is 1.42 bits per heavy atom. The summed E-state index contributed by atoms with van der Waals surface area (Å²) in [6.45, 7) is 3.43. The molecule has 0 atom stereocenters. The number of halogens is 1. The van der Waals surface area contributed by atoms with Crippen molar-refractivity contribution in [2.24, 2.45) is 0 Å². The third-order valence-electron chi connectivity index (χ3n) is 2.65. The first-order chi connectivity index (χ1) is 9.22. The molecule has 98 valence electrons. The zero-order chi connectivity index (χ0) is 13.2. The van der Waals surface area contributed by atoms with Crippen molar-refractivity contribution in [2.45, 2.75) is 13.5 Å². The van der Waals surface area contributed by atoms with Crippen molar-refractivity contribution in [3.05, 3.63) is 29.6 Å². The minimum atomic E-state index is 0.178. The van der Waals surface area contributed by atoms with Crippen molar-refractivity contribution in [1.82, 2.24) is 29.7 Å². The zero-order valence-electron chi connectivity index (χ0n) is 10.3. The van der Waals surface area contributed by atoms with Gasteiger partial charge in [0.15, 0.2) is 11.5 Å². The number of anilines is 1. The van der Waals surface area contributed by atoms with Gasteiger partial charge in [0.25, 0.3) is 0 Å². The lowest BCUT2D eigenvalue weighted by molar-refractivity contribution is 0.637. The Labute approximate surface area is 114 Å². The summed E-state index contributed by atoms with van der Waals surface area (Å²) in [6.07, 6.45) is 5.38. The summed E-state index contributed by atoms with van der Waals surface area (Å²) in [5.41, 5.74) is 2.44. The van der Waals surface area contributed by atoms with Crippen LogP contribution in [-0.4, -0.2) is 36.3 Å². The van der Waals surface area contributed by atoms with Crippen molar-refractivity contribution < 1.29 is 0 Å². The number of aromatic nitrogens is 6. The van der Waals surface area contributed by atoms with E-state index in [1.807, 2.05) is 24.0 Å². The number of aromatic amines is 1. The van der Waals surface area contributed by atoms with Gasteiger partial charge in [-0.25, -0.2) is 4.98 Å². The molecule has 0 spiro atoms. The second-order valence-corrected chi connectivity index (χ2v) is 4.49. The van der Waals surface area contributed by atoms with E-state index in [1.165, 1.54) is 0 Å². The molecule has 0 aliphatic carbocycles. The molecule has 3 rings (SSSR count). The Kier molecular flexibility index (Phi) is 3.04. The van der Waals surface area contributed by atoms with Gasteiger partial charge in [-0.3, -0.25) is 4.68 Å². The van der Waals surface area contributed by atoms with Gasteiger partial charge in [0.05, 0.1) is 19.1 Å². The Hall–Kier alpha value is -2.15. The standard InChI is InChI=1S/C11H12ClN7/c1-7-4-16-19(5-7)3-2-13-9-8-10(15-6-14-8)18-11(12)17-9/h4-6H,2-3H2,1H3,(H2,13,14,15,17,18). The molecule has 0 unspecified atom stereocenters. The normalized spacial score (nSPS) is 11.1. The molecule has 0 saturated carbocycles. The molecular formula is C11H12ClN7. The molecule has 3 aromatic rings. The summed E-state index contributed by atoms with van der Waals surface area (Å²) in [5.74, 6) is 0.649. The molecule has 0 aliphatic rings. The predicted octanol–water partition coefficient (Wildman–Crippen LogP) is 1.62. The predicted molar refractivity (Wildman–Crippen MR) is 72.1 cm³/mol. The average molecular weight is 278 g/mol. The summed E-state index contributed by atoms with van der Waals surface area (Å²) in [6, 6.07) is 0. The number of nitrogens with one attached hydrogen (secondary N) is 2. The quantitative estimate of drug-likeness (QED) is 0.708. The third kappa shape index (κ3) is 2.50. The monoisotopic (exact) mass is 277 g/mol. The smallest absolute Gasteiger partial charge is 0.226 e. The van der Waals surface area contributed by atoms with Gasteiger partial charge in [0.2, 0.25) is 5.28 Å². The van der Waals surface area contributed by atoms with Crippen LogP contribution in [-0.2, 0) is 6.54 Å². The largest absolute Gasteiger partial charge is 0.366 e. The van der Waals surface area contributed by atoms with Crippen LogP contribution in [0.3, 0.4) is 0 Å². The first-order valence-electron chi connectivity index (χ1n) is 5.82. The SMILES string of the molecule is Cc1cnn(CCNc2nc(Cl)nc3nc[nH]c23)c1. The molecule has 0 saturated heterocycles. The van der Waals surface area contributed by atoms with Gasteiger partial charge in [-0.1, -0.05) is 0 Å². The van der Waals surface area contributed by atoms with E-state index < -0.39 is 0 Å². The van der Waals surface area contributed by atoms with Gasteiger partial charge >= 0.3 is 0 Å². The highest BCUT2D eigenvalue weighted by molar-refractivity contribution is 6.28. The molecule has 19 heavy (non-hydrogen) atoms. The molecule has 0 fully saturated rings. The van der Waals surface area contributed by atoms with Gasteiger partial charge in [0.1, 0.15) is 5.52 Å². The van der Waals surface area contributed by atoms with E-state index in [0.29, 0.717) is 18.0 Å². The van der Waals surface area contributed by atoms with Crippen LogP contribution in [0.1, 0.15) is 5.56 Å². The van der Waals surface area contributed by atoms with Gasteiger partial charge < -0.3 is 10.3 Å². The molecule has 0 bridgehead atoms. The Bertz CT molecular complexity index is 702. The second-order valence-electron chi connectivity index (χ2n) is 4.15. The number of aryl methyl sites for hydroxylation is 1. The van der Waals surface area contributed by atoms with E-state index in [1.54, 1.807) is 6.33 Å². The van der Waals surface area contributed by atoms with Gasteiger partial charge in [-0.15, -0.1) is 0 Å². The van der Waals surface area contributed by atoms with Gasteiger partial charge in [-0.05, 0) is 24.1 Å². The Morgan fingerprint density at radius 3 is 3.11 bits per heavy atom. The number of rotatable bonds is 4. The number of H-pyrrole nitrogens is 1. The lowest BCUT2D eigenvalue weighted by atomic mass is 10.4. The van der Waals surface area contributed by atoms with E-state index in [0.717, 1.165) is 17.6 Å². The minimum absolute atomic E-state index is 0.178. The first-order valence-corrected chi connectivity index (χ1v) is 6.20. The highest BCUT2D eigenvalue weighted by atomic mass is 35.5. The molecule has 0 radical (unpaired) electrons. The van der Waals surface area contributed by atoms with E-state index in [9.17, 15) is 0 Å². The van der Waals surface area contributed by atoms with Crippen molar-refractivity contribution in [1.29, 1.82) is 0 Å². The molecule has 0 aliphatic heterocycles. The summed E-state index contributed by atoms with van der Waals surface area (Å²) in [5, 5.41) is 7.60. The van der Waals surface area contributed by atoms with Crippen LogP contribution in [0.25, 0.3) is 11.2 Å². The van der Waals surface area contributed by atoms with Crippen molar-refractivity contribution in [2.75, 3.05) is 11.9 Å². The van der Waals surface area contributed by atoms with Crippen LogP contribution in [0.15, 0.2) is 18.7 Å². The summed E-state index contributed by atoms with van der Waals surface area (Å²) >= 11 is 5.85. The first kappa shape index (κ1) is 11.9. The van der Waals surface area contributed by atoms with E-state index in [2.05, 4.69) is 30.4 Å². The Morgan fingerprint density at radius 2 is 2.32 bits per heavy atom. The summed E-state index contributed by atoms with van der Waals surface area (Å²) < 4.78 is 1.87. The molecule has 0 amide bonds. The number of nitrogens with zero attached hydrogens (tertiary/aromatic N) is 5. The Balaban J connectivity index is 1.73. The fraction of sp³-hybridized carbons (Fsp3) is 0.273. The molecule has 0 aromatic carbocycles. The maximum atomic E-state index is 5.85. The maximum Gasteiger partial charge on any atom is 0.226 e. The fourth-order valence-electron chi connectivity index (χ4n) is 1.81. The van der Waals surface area contributed by atoms with Crippen LogP contribution in [0, 0.1) is 6.92 Å². The van der Waals surface area contributed by atoms with Gasteiger partial charge in [0, 0.05) is 12.7 Å². The van der Waals surface area contributed by atoms with E-state index in [-0.39, 0.29) is 5.28 Å². The highest BCUT2D eigenvalue weighted by Gasteiger charge is 2.08. The minimum Gasteiger partial charge on any atom is -0.366 e. The fourth-order valence-corrected chi connectivity index (χ4v) is 1.98. The van der Waals surface area contributed by atoms with Gasteiger partial charge in [-0.2, -0.15) is 15.1 Å². The van der Waals surface area contributed by atoms with Crippen molar-refractivity contribution in [3.8, 4) is 0 Å². The molecule has 3 heterocycles. The number of hydrogen-bond donors (Lipinski definition) is 2. The van der Waals surface area contributed by atoms with Crippen LogP contribution < -0.4 is 5.32 Å². The van der Waals surface area contributed by atoms with E-state index in [4.69, 9.17) is 11.6 Å². The molecular weight excluding hydrogens is 266 g/mol. The lowest BCUT2D eigenvalue weighted by Gasteiger charge is -2.06. The third-order valence-corrected chi connectivity index (χ3v) is 2.82. The lowest BCUT2D eigenvalue weighted by Crippen LogP contribution is -2.12. The van der Waals surface area contributed by atoms with Crippen molar-refractivity contribution >= 4 is 28.6 Å². The van der Waals surface area contributed by atoms with Crippen LogP contribution >= 0.6 is 11.6 Å².